The SMILES string of the molecule is NSCCCC=O. The molecule has 0 aromatic heterocycles. The third-order valence-electron chi connectivity index (χ3n) is 0.584. The van der Waals surface area contributed by atoms with E-state index in [4.69, 9.17) is 5.14 Å². The summed E-state index contributed by atoms with van der Waals surface area (Å²) in [6.45, 7) is 0. The van der Waals surface area contributed by atoms with Gasteiger partial charge in [0, 0.05) is 12.2 Å². The molecule has 0 rings (SSSR count). The molecule has 0 saturated carbocycles. The molecule has 0 radical (unpaired) electrons. The van der Waals surface area contributed by atoms with E-state index in [1.54, 1.807) is 0 Å². The largest absolute Gasteiger partial charge is 0.303 e. The number of unbranched alkanes of at least 4 members (excludes halogenated alkanes) is 1. The summed E-state index contributed by atoms with van der Waals surface area (Å²) in [5.41, 5.74) is 0. The Morgan fingerprint density at radius 3 is 2.86 bits per heavy atom. The van der Waals surface area contributed by atoms with Crippen LogP contribution >= 0.6 is 11.9 Å². The van der Waals surface area contributed by atoms with E-state index >= 15 is 0 Å². The summed E-state index contributed by atoms with van der Waals surface area (Å²) in [6.07, 6.45) is 2.46. The standard InChI is InChI=1S/C4H9NOS/c5-7-4-2-1-3-6/h3H,1-2,4-5H2. The molecule has 0 aliphatic rings. The highest BCUT2D eigenvalue weighted by atomic mass is 32.2. The lowest BCUT2D eigenvalue weighted by Gasteiger charge is -1.85. The molecule has 0 atom stereocenters. The topological polar surface area (TPSA) is 43.1 Å². The van der Waals surface area contributed by atoms with Gasteiger partial charge in [-0.3, -0.25) is 5.14 Å². The predicted molar refractivity (Wildman–Crippen MR) is 31.9 cm³/mol. The Bertz CT molecular complexity index is 49.0. The molecule has 0 amide bonds. The van der Waals surface area contributed by atoms with Crippen molar-refractivity contribution in [2.45, 2.75) is 12.8 Å². The van der Waals surface area contributed by atoms with Gasteiger partial charge in [-0.25, -0.2) is 0 Å². The molecule has 0 aliphatic carbocycles. The molecule has 0 saturated heterocycles. The van der Waals surface area contributed by atoms with Crippen LogP contribution in [-0.2, 0) is 4.79 Å². The zero-order valence-corrected chi connectivity index (χ0v) is 4.91. The van der Waals surface area contributed by atoms with Crippen LogP contribution in [0, 0.1) is 0 Å². The van der Waals surface area contributed by atoms with Gasteiger partial charge in [0.15, 0.2) is 0 Å². The van der Waals surface area contributed by atoms with E-state index in [9.17, 15) is 4.79 Å². The Kier molecular flexibility index (Phi) is 5.96. The fourth-order valence-electron chi connectivity index (χ4n) is 0.250. The third kappa shape index (κ3) is 5.98. The molecule has 2 nitrogen and oxygen atoms in total. The first-order chi connectivity index (χ1) is 3.41. The monoisotopic (exact) mass is 119 g/mol. The zero-order chi connectivity index (χ0) is 5.54. The summed E-state index contributed by atoms with van der Waals surface area (Å²) < 4.78 is 0. The van der Waals surface area contributed by atoms with Crippen LogP contribution in [0.25, 0.3) is 0 Å². The fourth-order valence-corrected chi connectivity index (χ4v) is 0.583. The van der Waals surface area contributed by atoms with E-state index in [-0.39, 0.29) is 0 Å². The maximum Gasteiger partial charge on any atom is 0.120 e. The van der Waals surface area contributed by atoms with E-state index in [1.165, 1.54) is 11.9 Å². The van der Waals surface area contributed by atoms with Gasteiger partial charge in [-0.2, -0.15) is 0 Å². The highest BCUT2D eigenvalue weighted by Crippen LogP contribution is 1.91. The summed E-state index contributed by atoms with van der Waals surface area (Å²) in [5.74, 6) is 0.888. The molecule has 0 heterocycles. The Morgan fingerprint density at radius 2 is 2.43 bits per heavy atom. The van der Waals surface area contributed by atoms with Crippen molar-refractivity contribution in [1.82, 2.24) is 0 Å². The average molecular weight is 119 g/mol. The van der Waals surface area contributed by atoms with Crippen LogP contribution in [0.2, 0.25) is 0 Å². The minimum atomic E-state index is 0.643. The van der Waals surface area contributed by atoms with E-state index in [1.807, 2.05) is 0 Å². The molecular weight excluding hydrogens is 110 g/mol. The first kappa shape index (κ1) is 6.98. The summed E-state index contributed by atoms with van der Waals surface area (Å²) >= 11 is 1.28. The smallest absolute Gasteiger partial charge is 0.120 e. The minimum absolute atomic E-state index is 0.643. The van der Waals surface area contributed by atoms with Crippen LogP contribution < -0.4 is 5.14 Å². The normalized spacial score (nSPS) is 8.71. The molecule has 0 aromatic rings. The predicted octanol–water partition coefficient (Wildman–Crippen LogP) is 0.572. The highest BCUT2D eigenvalue weighted by molar-refractivity contribution is 7.97. The quantitative estimate of drug-likeness (QED) is 0.334. The molecule has 0 fully saturated rings. The van der Waals surface area contributed by atoms with Gasteiger partial charge in [-0.05, 0) is 6.42 Å². The summed E-state index contributed by atoms with van der Waals surface area (Å²) in [6, 6.07) is 0. The highest BCUT2D eigenvalue weighted by Gasteiger charge is 1.80. The van der Waals surface area contributed by atoms with Crippen LogP contribution in [0.3, 0.4) is 0 Å². The Labute approximate surface area is 47.6 Å². The van der Waals surface area contributed by atoms with Crippen molar-refractivity contribution in [3.63, 3.8) is 0 Å². The van der Waals surface area contributed by atoms with Crippen molar-refractivity contribution in [1.29, 1.82) is 0 Å². The van der Waals surface area contributed by atoms with E-state index in [0.29, 0.717) is 6.42 Å². The molecular formula is C4H9NOS. The van der Waals surface area contributed by atoms with Crippen molar-refractivity contribution in [3.05, 3.63) is 0 Å². The second-order valence-electron chi connectivity index (χ2n) is 1.18. The van der Waals surface area contributed by atoms with E-state index in [2.05, 4.69) is 0 Å². The van der Waals surface area contributed by atoms with Gasteiger partial charge in [0.1, 0.15) is 6.29 Å². The lowest BCUT2D eigenvalue weighted by atomic mass is 10.4. The van der Waals surface area contributed by atoms with Gasteiger partial charge in [0.2, 0.25) is 0 Å². The van der Waals surface area contributed by atoms with Gasteiger partial charge in [-0.1, -0.05) is 11.9 Å². The van der Waals surface area contributed by atoms with Crippen LogP contribution in [0.4, 0.5) is 0 Å². The van der Waals surface area contributed by atoms with Crippen LogP contribution in [0.15, 0.2) is 0 Å². The molecule has 0 unspecified atom stereocenters. The number of hydrogen-bond donors (Lipinski definition) is 1. The van der Waals surface area contributed by atoms with Crippen molar-refractivity contribution >= 4 is 18.2 Å². The number of aldehydes is 1. The minimum Gasteiger partial charge on any atom is -0.303 e. The van der Waals surface area contributed by atoms with Crippen molar-refractivity contribution in [2.24, 2.45) is 5.14 Å². The Hall–Kier alpha value is -0.0200. The van der Waals surface area contributed by atoms with Crippen molar-refractivity contribution in [3.8, 4) is 0 Å². The molecule has 2 N–H and O–H groups in total. The van der Waals surface area contributed by atoms with E-state index < -0.39 is 0 Å². The average Bonchev–Trinajstić information content (AvgIpc) is 1.69. The Balaban J connectivity index is 2.56. The van der Waals surface area contributed by atoms with Gasteiger partial charge < -0.3 is 4.79 Å². The van der Waals surface area contributed by atoms with Gasteiger partial charge in [0.05, 0.1) is 0 Å². The first-order valence-electron chi connectivity index (χ1n) is 2.17. The number of nitrogens with two attached hydrogens (primary N) is 1. The molecule has 0 aliphatic heterocycles. The number of carbonyl (C=O) groups excluding carboxylic acids is 1. The number of hydrogen-bond acceptors (Lipinski definition) is 3. The molecule has 3 heteroatoms. The van der Waals surface area contributed by atoms with Crippen LogP contribution in [0.1, 0.15) is 12.8 Å². The second kappa shape index (κ2) is 5.98. The molecule has 0 bridgehead atoms. The molecule has 7 heavy (non-hydrogen) atoms. The second-order valence-corrected chi connectivity index (χ2v) is 1.92. The van der Waals surface area contributed by atoms with Crippen LogP contribution in [-0.4, -0.2) is 12.0 Å². The van der Waals surface area contributed by atoms with Crippen LogP contribution in [0.5, 0.6) is 0 Å². The molecule has 42 valence electrons. The van der Waals surface area contributed by atoms with Gasteiger partial charge in [-0.15, -0.1) is 0 Å². The van der Waals surface area contributed by atoms with Gasteiger partial charge in [0.25, 0.3) is 0 Å². The summed E-state index contributed by atoms with van der Waals surface area (Å²) in [5, 5.41) is 5.07. The maximum absolute atomic E-state index is 9.63. The molecule has 0 spiro atoms. The summed E-state index contributed by atoms with van der Waals surface area (Å²) in [7, 11) is 0. The van der Waals surface area contributed by atoms with Crippen molar-refractivity contribution in [2.75, 3.05) is 5.75 Å². The third-order valence-corrected chi connectivity index (χ3v) is 1.11. The van der Waals surface area contributed by atoms with Crippen molar-refractivity contribution < 1.29 is 4.79 Å². The zero-order valence-electron chi connectivity index (χ0n) is 4.09. The van der Waals surface area contributed by atoms with E-state index in [0.717, 1.165) is 18.5 Å². The fraction of sp³-hybridized carbons (Fsp3) is 0.750. The summed E-state index contributed by atoms with van der Waals surface area (Å²) in [4.78, 5) is 9.63. The Morgan fingerprint density at radius 1 is 1.71 bits per heavy atom. The number of rotatable bonds is 4. The number of carbonyl (C=O) groups is 1. The maximum atomic E-state index is 9.63. The first-order valence-corrected chi connectivity index (χ1v) is 3.22. The lowest BCUT2D eigenvalue weighted by Crippen LogP contribution is -1.84. The molecule has 0 aromatic carbocycles. The lowest BCUT2D eigenvalue weighted by molar-refractivity contribution is -0.107. The van der Waals surface area contributed by atoms with Gasteiger partial charge >= 0.3 is 0 Å².